The van der Waals surface area contributed by atoms with Crippen LogP contribution in [0.25, 0.3) is 0 Å². The largest absolute Gasteiger partial charge is 0.271 e. The van der Waals surface area contributed by atoms with Gasteiger partial charge in [-0.2, -0.15) is 0 Å². The second kappa shape index (κ2) is 7.42. The molecule has 0 amide bonds. The van der Waals surface area contributed by atoms with Gasteiger partial charge in [0.2, 0.25) is 0 Å². The molecule has 2 aliphatic rings. The Morgan fingerprint density at radius 1 is 1.10 bits per heavy atom. The molecule has 1 fully saturated rings. The third kappa shape index (κ3) is 3.87. The van der Waals surface area contributed by atoms with E-state index in [-0.39, 0.29) is 0 Å². The molecule has 2 atom stereocenters. The monoisotopic (exact) mass is 286 g/mol. The molecule has 21 heavy (non-hydrogen) atoms. The molecule has 3 N–H and O–H groups in total. The van der Waals surface area contributed by atoms with Crippen molar-refractivity contribution in [1.82, 2.24) is 5.43 Å². The lowest BCUT2D eigenvalue weighted by Gasteiger charge is -2.29. The standard InChI is InChI=1S/C19H30N2/c20-21-18(13-12-15-6-1-2-7-15)14-17-10-5-9-16-8-3-4-11-19(16)17/h3-4,8,11,15,17-18,21H,1-2,5-7,9-10,12-14,20H2. The van der Waals surface area contributed by atoms with Crippen LogP contribution in [0.2, 0.25) is 0 Å². The predicted octanol–water partition coefficient (Wildman–Crippen LogP) is 4.30. The maximum Gasteiger partial charge on any atom is 0.0216 e. The average Bonchev–Trinajstić information content (AvgIpc) is 3.05. The number of fused-ring (bicyclic) bond motifs is 1. The fraction of sp³-hybridized carbons (Fsp3) is 0.684. The first-order valence-corrected chi connectivity index (χ1v) is 8.90. The summed E-state index contributed by atoms with van der Waals surface area (Å²) in [5, 5.41) is 0. The lowest BCUT2D eigenvalue weighted by molar-refractivity contribution is 0.360. The highest BCUT2D eigenvalue weighted by Crippen LogP contribution is 2.36. The Labute approximate surface area is 129 Å². The van der Waals surface area contributed by atoms with Crippen molar-refractivity contribution in [2.75, 3.05) is 0 Å². The first-order valence-electron chi connectivity index (χ1n) is 8.90. The Hall–Kier alpha value is -0.860. The number of aryl methyl sites for hydroxylation is 1. The van der Waals surface area contributed by atoms with Crippen molar-refractivity contribution >= 4 is 0 Å². The summed E-state index contributed by atoms with van der Waals surface area (Å²) < 4.78 is 0. The molecule has 2 unspecified atom stereocenters. The van der Waals surface area contributed by atoms with Gasteiger partial charge in [0.15, 0.2) is 0 Å². The molecule has 3 rings (SSSR count). The molecule has 1 aromatic rings. The Bertz CT molecular complexity index is 437. The zero-order valence-corrected chi connectivity index (χ0v) is 13.2. The molecule has 0 saturated heterocycles. The van der Waals surface area contributed by atoms with E-state index in [1.54, 1.807) is 11.1 Å². The van der Waals surface area contributed by atoms with Crippen molar-refractivity contribution in [3.63, 3.8) is 0 Å². The Balaban J connectivity index is 1.56. The number of hydrogen-bond donors (Lipinski definition) is 2. The Morgan fingerprint density at radius 3 is 2.71 bits per heavy atom. The minimum absolute atomic E-state index is 0.488. The SMILES string of the molecule is NNC(CCC1CCCC1)CC1CCCc2ccccc21. The molecule has 0 bridgehead atoms. The summed E-state index contributed by atoms with van der Waals surface area (Å²) in [6.07, 6.45) is 13.5. The Morgan fingerprint density at radius 2 is 1.90 bits per heavy atom. The van der Waals surface area contributed by atoms with Gasteiger partial charge in [0.05, 0.1) is 0 Å². The van der Waals surface area contributed by atoms with Gasteiger partial charge in [-0.3, -0.25) is 11.3 Å². The number of benzene rings is 1. The van der Waals surface area contributed by atoms with E-state index < -0.39 is 0 Å². The second-order valence-corrected chi connectivity index (χ2v) is 7.12. The van der Waals surface area contributed by atoms with Gasteiger partial charge in [-0.15, -0.1) is 0 Å². The van der Waals surface area contributed by atoms with Crippen molar-refractivity contribution in [2.45, 2.75) is 76.2 Å². The quantitative estimate of drug-likeness (QED) is 0.604. The second-order valence-electron chi connectivity index (χ2n) is 7.12. The van der Waals surface area contributed by atoms with Gasteiger partial charge in [-0.1, -0.05) is 49.9 Å². The van der Waals surface area contributed by atoms with Crippen molar-refractivity contribution in [2.24, 2.45) is 11.8 Å². The summed E-state index contributed by atoms with van der Waals surface area (Å²) in [5.74, 6) is 7.52. The lowest BCUT2D eigenvalue weighted by Crippen LogP contribution is -2.37. The zero-order chi connectivity index (χ0) is 14.5. The first kappa shape index (κ1) is 15.1. The molecule has 1 saturated carbocycles. The van der Waals surface area contributed by atoms with E-state index in [0.29, 0.717) is 12.0 Å². The number of rotatable bonds is 6. The number of nitrogens with one attached hydrogen (secondary N) is 1. The topological polar surface area (TPSA) is 38.0 Å². The van der Waals surface area contributed by atoms with Crippen LogP contribution in [-0.2, 0) is 6.42 Å². The highest BCUT2D eigenvalue weighted by atomic mass is 15.2. The van der Waals surface area contributed by atoms with Gasteiger partial charge < -0.3 is 0 Å². The van der Waals surface area contributed by atoms with Gasteiger partial charge in [0, 0.05) is 6.04 Å². The maximum absolute atomic E-state index is 5.84. The molecule has 0 heterocycles. The number of hydrogen-bond acceptors (Lipinski definition) is 2. The molecular formula is C19H30N2. The fourth-order valence-electron chi connectivity index (χ4n) is 4.45. The van der Waals surface area contributed by atoms with Gasteiger partial charge in [0.1, 0.15) is 0 Å². The van der Waals surface area contributed by atoms with E-state index >= 15 is 0 Å². The summed E-state index contributed by atoms with van der Waals surface area (Å²) in [6, 6.07) is 9.51. The van der Waals surface area contributed by atoms with E-state index in [2.05, 4.69) is 29.7 Å². The van der Waals surface area contributed by atoms with E-state index in [9.17, 15) is 0 Å². The van der Waals surface area contributed by atoms with Crippen LogP contribution in [0.15, 0.2) is 24.3 Å². The summed E-state index contributed by atoms with van der Waals surface area (Å²) in [4.78, 5) is 0. The number of hydrazine groups is 1. The molecule has 116 valence electrons. The molecular weight excluding hydrogens is 256 g/mol. The lowest BCUT2D eigenvalue weighted by atomic mass is 9.79. The predicted molar refractivity (Wildman–Crippen MR) is 89.0 cm³/mol. The zero-order valence-electron chi connectivity index (χ0n) is 13.2. The minimum atomic E-state index is 0.488. The molecule has 0 spiro atoms. The maximum atomic E-state index is 5.84. The molecule has 2 nitrogen and oxygen atoms in total. The van der Waals surface area contributed by atoms with E-state index in [1.165, 1.54) is 64.2 Å². The van der Waals surface area contributed by atoms with Crippen molar-refractivity contribution in [3.05, 3.63) is 35.4 Å². The van der Waals surface area contributed by atoms with Crippen molar-refractivity contribution < 1.29 is 0 Å². The van der Waals surface area contributed by atoms with Crippen LogP contribution < -0.4 is 11.3 Å². The Kier molecular flexibility index (Phi) is 5.32. The van der Waals surface area contributed by atoms with Crippen LogP contribution in [0.4, 0.5) is 0 Å². The van der Waals surface area contributed by atoms with Crippen molar-refractivity contribution in [3.8, 4) is 0 Å². The smallest absolute Gasteiger partial charge is 0.0216 e. The van der Waals surface area contributed by atoms with Crippen LogP contribution in [-0.4, -0.2) is 6.04 Å². The van der Waals surface area contributed by atoms with Crippen LogP contribution >= 0.6 is 0 Å². The molecule has 2 aliphatic carbocycles. The summed E-state index contributed by atoms with van der Waals surface area (Å²) in [7, 11) is 0. The molecule has 2 heteroatoms. The van der Waals surface area contributed by atoms with Crippen molar-refractivity contribution in [1.29, 1.82) is 0 Å². The summed E-state index contributed by atoms with van der Waals surface area (Å²) in [5.41, 5.74) is 6.26. The van der Waals surface area contributed by atoms with Crippen LogP contribution in [0.3, 0.4) is 0 Å². The molecule has 0 radical (unpaired) electrons. The first-order chi connectivity index (χ1) is 10.4. The molecule has 1 aromatic carbocycles. The minimum Gasteiger partial charge on any atom is -0.271 e. The van der Waals surface area contributed by atoms with Gasteiger partial charge in [0.25, 0.3) is 0 Å². The summed E-state index contributed by atoms with van der Waals surface area (Å²) >= 11 is 0. The van der Waals surface area contributed by atoms with E-state index in [1.807, 2.05) is 0 Å². The highest BCUT2D eigenvalue weighted by Gasteiger charge is 2.24. The van der Waals surface area contributed by atoms with Gasteiger partial charge in [-0.05, 0) is 61.5 Å². The summed E-state index contributed by atoms with van der Waals surface area (Å²) in [6.45, 7) is 0. The van der Waals surface area contributed by atoms with Crippen LogP contribution in [0.1, 0.15) is 74.8 Å². The van der Waals surface area contributed by atoms with E-state index in [4.69, 9.17) is 5.84 Å². The number of nitrogens with two attached hydrogens (primary N) is 1. The van der Waals surface area contributed by atoms with Crippen LogP contribution in [0.5, 0.6) is 0 Å². The normalized spacial score (nSPS) is 24.0. The molecule has 0 aliphatic heterocycles. The third-order valence-electron chi connectivity index (χ3n) is 5.70. The van der Waals surface area contributed by atoms with Crippen LogP contribution in [0, 0.1) is 5.92 Å². The van der Waals surface area contributed by atoms with Gasteiger partial charge in [-0.25, -0.2) is 0 Å². The van der Waals surface area contributed by atoms with E-state index in [0.717, 1.165) is 5.92 Å². The van der Waals surface area contributed by atoms with Gasteiger partial charge >= 0.3 is 0 Å². The highest BCUT2D eigenvalue weighted by molar-refractivity contribution is 5.32. The molecule has 0 aromatic heterocycles. The fourth-order valence-corrected chi connectivity index (χ4v) is 4.45. The average molecular weight is 286 g/mol. The third-order valence-corrected chi connectivity index (χ3v) is 5.70.